The van der Waals surface area contributed by atoms with Crippen molar-refractivity contribution in [3.63, 3.8) is 0 Å². The molecule has 386 valence electrons. The quantitative estimate of drug-likeness (QED) is 0.00803. The molecule has 4 rings (SSSR count). The molecule has 0 unspecified atom stereocenters. The first kappa shape index (κ1) is 57.4. The van der Waals surface area contributed by atoms with Crippen LogP contribution < -0.4 is 24.7 Å². The third-order valence-corrected chi connectivity index (χ3v) is 14.7. The number of esters is 1. The van der Waals surface area contributed by atoms with Crippen LogP contribution in [0.15, 0.2) is 60.7 Å². The summed E-state index contributed by atoms with van der Waals surface area (Å²) in [5, 5.41) is 15.6. The van der Waals surface area contributed by atoms with Crippen molar-refractivity contribution in [2.45, 2.75) is 71.8 Å². The van der Waals surface area contributed by atoms with Gasteiger partial charge in [0.1, 0.15) is 5.75 Å². The highest BCUT2D eigenvalue weighted by Gasteiger charge is 2.27. The van der Waals surface area contributed by atoms with E-state index in [0.29, 0.717) is 113 Å². The number of aryl methyl sites for hydroxylation is 3. The average Bonchev–Trinajstić information content (AvgIpc) is 3.25. The average molecular weight is 1040 g/mol. The number of nitrogens with one attached hydrogen (secondary N) is 3. The molecular formula is C47H68N6O14S3+2. The van der Waals surface area contributed by atoms with Crippen LogP contribution in [0.3, 0.4) is 0 Å². The molecule has 0 aliphatic rings. The van der Waals surface area contributed by atoms with Crippen molar-refractivity contribution < 1.29 is 72.4 Å². The fraction of sp³-hybridized carbons (Fsp3) is 0.511. The van der Waals surface area contributed by atoms with E-state index in [0.717, 1.165) is 0 Å². The number of fused-ring (bicyclic) bond motifs is 2. The molecular weight excluding hydrogens is 969 g/mol. The number of quaternary nitrogens is 1. The van der Waals surface area contributed by atoms with Gasteiger partial charge in [0.2, 0.25) is 27.0 Å². The number of rotatable bonds is 31. The lowest BCUT2D eigenvalue weighted by atomic mass is 10.0. The second-order valence-electron chi connectivity index (χ2n) is 18.0. The zero-order chi connectivity index (χ0) is 51.7. The van der Waals surface area contributed by atoms with Crippen molar-refractivity contribution >= 4 is 75.8 Å². The Labute approximate surface area is 410 Å². The Kier molecular flexibility index (Phi) is 21.6. The predicted octanol–water partition coefficient (Wildman–Crippen LogP) is 3.24. The summed E-state index contributed by atoms with van der Waals surface area (Å²) in [6, 6.07) is 17.9. The zero-order valence-electron chi connectivity index (χ0n) is 40.3. The number of ether oxygens (including phenoxy) is 1. The third-order valence-electron chi connectivity index (χ3n) is 11.6. The molecule has 0 spiro atoms. The third kappa shape index (κ3) is 19.6. The summed E-state index contributed by atoms with van der Waals surface area (Å²) in [5.41, 5.74) is 3.15. The monoisotopic (exact) mass is 1040 g/mol. The predicted molar refractivity (Wildman–Crippen MR) is 265 cm³/mol. The van der Waals surface area contributed by atoms with E-state index in [1.54, 1.807) is 38.1 Å². The standard InChI is InChI=1S/C47H66N6O14S3/c1-35-33-37(46(57)49-22-11-25-51(26-12-31-69(61,62)63)24-10-21-48-42(54)19-9-20-43(55)56)34-36(2)45(35)67-47(58)44-38-15-5-7-17-40(38)52(41-18-8-6-16-39(41)44)27-13-30-68(59,60)50-23-29-53(3,4)28-14-32-70(64,65)66/h5-8,15-18,33-34,50H,9-14,19-32H2,1-4H3,(H3-2,48,49,54,55,56,57,61,62,63,64,65,66)/p+2. The molecule has 23 heteroatoms. The van der Waals surface area contributed by atoms with Crippen LogP contribution in [0.1, 0.15) is 83.2 Å². The minimum absolute atomic E-state index is 0.0957. The number of carbonyl (C=O) groups excluding carboxylic acids is 3. The van der Waals surface area contributed by atoms with Crippen molar-refractivity contribution in [3.05, 3.63) is 82.9 Å². The van der Waals surface area contributed by atoms with E-state index in [1.807, 2.05) is 60.0 Å². The second kappa shape index (κ2) is 26.3. The molecule has 0 saturated carbocycles. The van der Waals surface area contributed by atoms with E-state index in [-0.39, 0.29) is 74.9 Å². The molecule has 6 N–H and O–H groups in total. The highest BCUT2D eigenvalue weighted by molar-refractivity contribution is 7.89. The summed E-state index contributed by atoms with van der Waals surface area (Å²) in [5.74, 6) is -2.84. The number of carboxylic acids is 1. The van der Waals surface area contributed by atoms with Gasteiger partial charge in [0.05, 0.1) is 67.3 Å². The van der Waals surface area contributed by atoms with Crippen molar-refractivity contribution in [1.82, 2.24) is 20.3 Å². The van der Waals surface area contributed by atoms with Crippen LogP contribution in [0, 0.1) is 13.8 Å². The maximum Gasteiger partial charge on any atom is 0.345 e. The van der Waals surface area contributed by atoms with Gasteiger partial charge in [-0.25, -0.2) is 17.9 Å². The summed E-state index contributed by atoms with van der Waals surface area (Å²) in [6.07, 6.45) is 1.95. The Hall–Kier alpha value is -5.14. The highest BCUT2D eigenvalue weighted by Crippen LogP contribution is 2.30. The van der Waals surface area contributed by atoms with Gasteiger partial charge in [-0.05, 0) is 94.6 Å². The fourth-order valence-electron chi connectivity index (χ4n) is 8.17. The topological polar surface area (TPSA) is 284 Å². The zero-order valence-corrected chi connectivity index (χ0v) is 42.8. The van der Waals surface area contributed by atoms with E-state index < -0.39 is 48.0 Å². The Balaban J connectivity index is 1.38. The lowest BCUT2D eigenvalue weighted by Crippen LogP contribution is -2.46. The van der Waals surface area contributed by atoms with Crippen molar-refractivity contribution in [2.75, 3.05) is 83.7 Å². The van der Waals surface area contributed by atoms with Gasteiger partial charge in [0.25, 0.3) is 26.1 Å². The van der Waals surface area contributed by atoms with Gasteiger partial charge in [0, 0.05) is 56.5 Å². The number of sulfonamides is 1. The number of carboxylic acid groups (broad SMARTS) is 1. The Bertz CT molecular complexity index is 2740. The van der Waals surface area contributed by atoms with Crippen LogP contribution in [0.2, 0.25) is 0 Å². The number of hydrogen-bond acceptors (Lipinski definition) is 12. The van der Waals surface area contributed by atoms with Gasteiger partial charge in [-0.2, -0.15) is 21.4 Å². The number of benzene rings is 3. The van der Waals surface area contributed by atoms with Crippen LogP contribution in [-0.4, -0.2) is 156 Å². The van der Waals surface area contributed by atoms with Crippen molar-refractivity contribution in [3.8, 4) is 5.75 Å². The second-order valence-corrected chi connectivity index (χ2v) is 23.1. The van der Waals surface area contributed by atoms with E-state index in [2.05, 4.69) is 15.4 Å². The molecule has 0 aliphatic heterocycles. The summed E-state index contributed by atoms with van der Waals surface area (Å²) in [7, 11) is -8.19. The molecule has 0 atom stereocenters. The van der Waals surface area contributed by atoms with Crippen LogP contribution in [0.25, 0.3) is 21.8 Å². The van der Waals surface area contributed by atoms with E-state index in [1.165, 1.54) is 0 Å². The molecule has 70 heavy (non-hydrogen) atoms. The molecule has 20 nitrogen and oxygen atoms in total. The number of likely N-dealkylation sites (N-methyl/N-ethyl adjacent to an activating group) is 1. The summed E-state index contributed by atoms with van der Waals surface area (Å²) in [6.45, 7) is 6.74. The first-order chi connectivity index (χ1) is 32.8. The molecule has 0 aliphatic carbocycles. The molecule has 3 aromatic carbocycles. The maximum atomic E-state index is 14.3. The minimum atomic E-state index is -4.15. The number of para-hydroxylation sites is 2. The smallest absolute Gasteiger partial charge is 0.345 e. The van der Waals surface area contributed by atoms with Crippen LogP contribution in [0.5, 0.6) is 5.75 Å². The number of aliphatic carboxylic acids is 1. The lowest BCUT2D eigenvalue weighted by Gasteiger charge is -2.29. The maximum absolute atomic E-state index is 14.3. The van der Waals surface area contributed by atoms with Gasteiger partial charge in [0.15, 0.2) is 6.54 Å². The van der Waals surface area contributed by atoms with Gasteiger partial charge in [-0.1, -0.05) is 24.3 Å². The van der Waals surface area contributed by atoms with E-state index in [9.17, 15) is 49.0 Å². The highest BCUT2D eigenvalue weighted by atomic mass is 32.2. The van der Waals surface area contributed by atoms with Gasteiger partial charge < -0.3 is 29.9 Å². The summed E-state index contributed by atoms with van der Waals surface area (Å²) < 4.78 is 100. The SMILES string of the molecule is Cc1cc(C(=O)NCCCN(CCCNC(=O)CCCC(=O)O)CCCS(=O)(=O)O)cc(C)c1OC(=O)c1c2ccccc2[n+](CCCS(=O)(=O)NCC[N+](C)(C)CCCS(=O)(=O)O)c2ccccc12. The van der Waals surface area contributed by atoms with Crippen LogP contribution in [-0.2, 0) is 46.4 Å². The van der Waals surface area contributed by atoms with Gasteiger partial charge >= 0.3 is 11.9 Å². The molecule has 4 aromatic rings. The normalized spacial score (nSPS) is 12.4. The van der Waals surface area contributed by atoms with Crippen molar-refractivity contribution in [1.29, 1.82) is 0 Å². The number of aromatic nitrogens is 1. The first-order valence-corrected chi connectivity index (χ1v) is 28.1. The molecule has 0 bridgehead atoms. The molecule has 0 fully saturated rings. The summed E-state index contributed by atoms with van der Waals surface area (Å²) in [4.78, 5) is 52.3. The summed E-state index contributed by atoms with van der Waals surface area (Å²) >= 11 is 0. The molecule has 2 amide bonds. The molecule has 0 saturated heterocycles. The number of carbonyl (C=O) groups is 4. The number of pyridine rings is 1. The van der Waals surface area contributed by atoms with Gasteiger partial charge in [-0.3, -0.25) is 23.5 Å². The Morgan fingerprint density at radius 1 is 0.671 bits per heavy atom. The van der Waals surface area contributed by atoms with Gasteiger partial charge in [-0.15, -0.1) is 0 Å². The van der Waals surface area contributed by atoms with Crippen LogP contribution >= 0.6 is 0 Å². The number of nitrogens with zero attached hydrogens (tertiary/aromatic N) is 3. The van der Waals surface area contributed by atoms with E-state index >= 15 is 0 Å². The first-order valence-electron chi connectivity index (χ1n) is 23.2. The molecule has 0 radical (unpaired) electrons. The lowest BCUT2D eigenvalue weighted by molar-refractivity contribution is -0.889. The number of amides is 2. The Morgan fingerprint density at radius 3 is 1.79 bits per heavy atom. The molecule has 1 aromatic heterocycles. The minimum Gasteiger partial charge on any atom is -0.481 e. The van der Waals surface area contributed by atoms with Crippen LogP contribution in [0.4, 0.5) is 0 Å². The van der Waals surface area contributed by atoms with E-state index in [4.69, 9.17) is 14.4 Å². The Morgan fingerprint density at radius 2 is 1.21 bits per heavy atom. The van der Waals surface area contributed by atoms with Crippen molar-refractivity contribution in [2.24, 2.45) is 0 Å². The number of hydrogen-bond donors (Lipinski definition) is 6. The molecule has 1 heterocycles. The fourth-order valence-corrected chi connectivity index (χ4v) is 10.2. The largest absolute Gasteiger partial charge is 0.481 e.